The van der Waals surface area contributed by atoms with Crippen LogP contribution in [0.3, 0.4) is 0 Å². The fourth-order valence-corrected chi connectivity index (χ4v) is 3.63. The van der Waals surface area contributed by atoms with Gasteiger partial charge in [0.25, 0.3) is 0 Å². The lowest BCUT2D eigenvalue weighted by Gasteiger charge is -2.34. The number of anilines is 1. The summed E-state index contributed by atoms with van der Waals surface area (Å²) in [6.45, 7) is 3.91. The number of carbonyl (C=O) groups is 2. The third-order valence-electron chi connectivity index (χ3n) is 5.21. The Hall–Kier alpha value is -2.52. The number of ether oxygens (including phenoxy) is 2. The molecule has 1 aromatic rings. The molecule has 0 aliphatic carbocycles. The third kappa shape index (κ3) is 4.48. The highest BCUT2D eigenvalue weighted by molar-refractivity contribution is 5.97. The molecule has 28 heavy (non-hydrogen) atoms. The van der Waals surface area contributed by atoms with Crippen LogP contribution in [-0.4, -0.2) is 93.0 Å². The van der Waals surface area contributed by atoms with Crippen molar-refractivity contribution in [3.8, 4) is 11.5 Å². The van der Waals surface area contributed by atoms with Crippen LogP contribution in [0.25, 0.3) is 0 Å². The average Bonchev–Trinajstić information content (AvgIpc) is 3.08. The van der Waals surface area contributed by atoms with Gasteiger partial charge in [0.15, 0.2) is 11.5 Å². The largest absolute Gasteiger partial charge is 0.493 e. The Morgan fingerprint density at radius 3 is 2.54 bits per heavy atom. The van der Waals surface area contributed by atoms with Crippen molar-refractivity contribution in [1.29, 1.82) is 0 Å². The highest BCUT2D eigenvalue weighted by Crippen LogP contribution is 2.33. The van der Waals surface area contributed by atoms with Gasteiger partial charge in [0.05, 0.1) is 26.9 Å². The Morgan fingerprint density at radius 1 is 1.18 bits per heavy atom. The smallest absolute Gasteiger partial charge is 0.317 e. The molecule has 0 aromatic heterocycles. The van der Waals surface area contributed by atoms with E-state index in [1.54, 1.807) is 36.2 Å². The van der Waals surface area contributed by atoms with Gasteiger partial charge in [-0.15, -0.1) is 0 Å². The molecule has 1 atom stereocenters. The van der Waals surface area contributed by atoms with E-state index in [-0.39, 0.29) is 31.0 Å². The molecule has 2 aliphatic rings. The molecular formula is C19H28N4O5. The standard InChI is InChI=1S/C19H28N4O5/c1-27-16-4-3-15(12-17(16)28-2)23-13-14(11-18(23)25)20-19(26)22-7-5-21(6-8-22)9-10-24/h3-4,12,14,24H,5-11,13H2,1-2H3,(H,20,26)/t14-/m1/s1. The second kappa shape index (κ2) is 9.11. The number of urea groups is 1. The van der Waals surface area contributed by atoms with Gasteiger partial charge in [-0.3, -0.25) is 9.69 Å². The lowest BCUT2D eigenvalue weighted by atomic mass is 10.2. The van der Waals surface area contributed by atoms with Crippen LogP contribution in [0.4, 0.5) is 10.5 Å². The minimum absolute atomic E-state index is 0.0368. The summed E-state index contributed by atoms with van der Waals surface area (Å²) >= 11 is 0. The Balaban J connectivity index is 1.57. The number of methoxy groups -OCH3 is 2. The Kier molecular flexibility index (Phi) is 6.58. The van der Waals surface area contributed by atoms with E-state index in [1.165, 1.54) is 0 Å². The molecule has 0 bridgehead atoms. The molecule has 2 N–H and O–H groups in total. The van der Waals surface area contributed by atoms with Crippen molar-refractivity contribution in [3.05, 3.63) is 18.2 Å². The number of hydrogen-bond acceptors (Lipinski definition) is 6. The van der Waals surface area contributed by atoms with Crippen molar-refractivity contribution < 1.29 is 24.2 Å². The van der Waals surface area contributed by atoms with Crippen LogP contribution in [-0.2, 0) is 4.79 Å². The van der Waals surface area contributed by atoms with Crippen LogP contribution >= 0.6 is 0 Å². The van der Waals surface area contributed by atoms with Gasteiger partial charge >= 0.3 is 6.03 Å². The van der Waals surface area contributed by atoms with Gasteiger partial charge in [-0.25, -0.2) is 4.79 Å². The van der Waals surface area contributed by atoms with Crippen LogP contribution in [0.1, 0.15) is 6.42 Å². The number of nitrogens with one attached hydrogen (secondary N) is 1. The number of amides is 3. The van der Waals surface area contributed by atoms with Gasteiger partial charge in [0, 0.05) is 57.4 Å². The normalized spacial score (nSPS) is 20.4. The molecule has 0 saturated carbocycles. The summed E-state index contributed by atoms with van der Waals surface area (Å²) in [6, 6.07) is 4.96. The van der Waals surface area contributed by atoms with Crippen LogP contribution < -0.4 is 19.7 Å². The summed E-state index contributed by atoms with van der Waals surface area (Å²) in [4.78, 5) is 30.6. The monoisotopic (exact) mass is 392 g/mol. The van der Waals surface area contributed by atoms with E-state index < -0.39 is 0 Å². The van der Waals surface area contributed by atoms with Crippen LogP contribution in [0.15, 0.2) is 18.2 Å². The molecule has 9 nitrogen and oxygen atoms in total. The summed E-state index contributed by atoms with van der Waals surface area (Å²) in [5.74, 6) is 1.12. The van der Waals surface area contributed by atoms with E-state index >= 15 is 0 Å². The first kappa shape index (κ1) is 20.2. The summed E-state index contributed by atoms with van der Waals surface area (Å²) in [6.07, 6.45) is 0.268. The lowest BCUT2D eigenvalue weighted by Crippen LogP contribution is -2.54. The van der Waals surface area contributed by atoms with Crippen LogP contribution in [0.2, 0.25) is 0 Å². The average molecular weight is 392 g/mol. The van der Waals surface area contributed by atoms with Crippen LogP contribution in [0.5, 0.6) is 11.5 Å². The zero-order valence-electron chi connectivity index (χ0n) is 16.4. The zero-order valence-corrected chi connectivity index (χ0v) is 16.4. The first-order valence-electron chi connectivity index (χ1n) is 9.46. The lowest BCUT2D eigenvalue weighted by molar-refractivity contribution is -0.117. The van der Waals surface area contributed by atoms with Crippen molar-refractivity contribution in [2.45, 2.75) is 12.5 Å². The fourth-order valence-electron chi connectivity index (χ4n) is 3.63. The fraction of sp³-hybridized carbons (Fsp3) is 0.579. The molecule has 2 saturated heterocycles. The van der Waals surface area contributed by atoms with Crippen molar-refractivity contribution >= 4 is 17.6 Å². The molecule has 3 rings (SSSR count). The van der Waals surface area contributed by atoms with Gasteiger partial charge in [0.1, 0.15) is 0 Å². The quantitative estimate of drug-likeness (QED) is 0.715. The van der Waals surface area contributed by atoms with Gasteiger partial charge in [-0.1, -0.05) is 0 Å². The minimum Gasteiger partial charge on any atom is -0.493 e. The second-order valence-electron chi connectivity index (χ2n) is 6.95. The molecule has 0 spiro atoms. The van der Waals surface area contributed by atoms with E-state index in [0.29, 0.717) is 37.7 Å². The number of β-amino-alcohol motifs (C(OH)–C–C–N with tert-alkyl or cyclic N) is 1. The van der Waals surface area contributed by atoms with Gasteiger partial charge < -0.3 is 29.7 Å². The van der Waals surface area contributed by atoms with E-state index in [4.69, 9.17) is 14.6 Å². The second-order valence-corrected chi connectivity index (χ2v) is 6.95. The molecule has 2 aliphatic heterocycles. The molecular weight excluding hydrogens is 364 g/mol. The first-order valence-corrected chi connectivity index (χ1v) is 9.46. The van der Waals surface area contributed by atoms with E-state index in [2.05, 4.69) is 10.2 Å². The van der Waals surface area contributed by atoms with Gasteiger partial charge in [-0.2, -0.15) is 0 Å². The van der Waals surface area contributed by atoms with E-state index in [9.17, 15) is 9.59 Å². The molecule has 1 aromatic carbocycles. The van der Waals surface area contributed by atoms with Crippen LogP contribution in [0, 0.1) is 0 Å². The number of aliphatic hydroxyl groups is 1. The predicted molar refractivity (Wildman–Crippen MR) is 104 cm³/mol. The minimum atomic E-state index is -0.233. The number of aliphatic hydroxyl groups excluding tert-OH is 1. The Morgan fingerprint density at radius 2 is 1.89 bits per heavy atom. The molecule has 154 valence electrons. The molecule has 9 heteroatoms. The number of hydrogen-bond donors (Lipinski definition) is 2. The van der Waals surface area contributed by atoms with Crippen molar-refractivity contribution in [2.75, 3.05) is 65.0 Å². The van der Waals surface area contributed by atoms with Gasteiger partial charge in [-0.05, 0) is 12.1 Å². The number of carbonyl (C=O) groups excluding carboxylic acids is 2. The maximum absolute atomic E-state index is 12.5. The number of rotatable bonds is 6. The summed E-state index contributed by atoms with van der Waals surface area (Å²) in [5.41, 5.74) is 0.719. The molecule has 0 unspecified atom stereocenters. The number of nitrogens with zero attached hydrogens (tertiary/aromatic N) is 3. The number of piperazine rings is 1. The Labute approximate surface area is 164 Å². The Bertz CT molecular complexity index is 706. The van der Waals surface area contributed by atoms with E-state index in [0.717, 1.165) is 18.8 Å². The molecule has 2 heterocycles. The first-order chi connectivity index (χ1) is 13.5. The number of benzene rings is 1. The van der Waals surface area contributed by atoms with Crippen molar-refractivity contribution in [2.24, 2.45) is 0 Å². The highest BCUT2D eigenvalue weighted by atomic mass is 16.5. The topological polar surface area (TPSA) is 94.6 Å². The maximum Gasteiger partial charge on any atom is 0.317 e. The molecule has 3 amide bonds. The van der Waals surface area contributed by atoms with Gasteiger partial charge in [0.2, 0.25) is 5.91 Å². The molecule has 2 fully saturated rings. The van der Waals surface area contributed by atoms with E-state index in [1.807, 2.05) is 6.07 Å². The highest BCUT2D eigenvalue weighted by Gasteiger charge is 2.33. The third-order valence-corrected chi connectivity index (χ3v) is 5.21. The zero-order chi connectivity index (χ0) is 20.1. The predicted octanol–water partition coefficient (Wildman–Crippen LogP) is 0.129. The summed E-state index contributed by atoms with van der Waals surface area (Å²) < 4.78 is 10.5. The molecule has 0 radical (unpaired) electrons. The maximum atomic E-state index is 12.5. The summed E-state index contributed by atoms with van der Waals surface area (Å²) in [5, 5.41) is 12.0. The van der Waals surface area contributed by atoms with Crippen molar-refractivity contribution in [1.82, 2.24) is 15.1 Å². The SMILES string of the molecule is COc1ccc(N2C[C@H](NC(=O)N3CCN(CCO)CC3)CC2=O)cc1OC. The van der Waals surface area contributed by atoms with Crippen molar-refractivity contribution in [3.63, 3.8) is 0 Å². The summed E-state index contributed by atoms with van der Waals surface area (Å²) in [7, 11) is 3.12.